The van der Waals surface area contributed by atoms with Gasteiger partial charge in [-0.05, 0) is 40.1 Å². The highest BCUT2D eigenvalue weighted by atomic mass is 35.5. The Bertz CT molecular complexity index is 884. The Hall–Kier alpha value is -2.09. The highest BCUT2D eigenvalue weighted by molar-refractivity contribution is 6.42. The monoisotopic (exact) mass is 393 g/mol. The third-order valence-electron chi connectivity index (χ3n) is 4.07. The molecular weight excluding hydrogens is 373 g/mol. The van der Waals surface area contributed by atoms with E-state index < -0.39 is 0 Å². The van der Waals surface area contributed by atoms with Gasteiger partial charge in [0.15, 0.2) is 0 Å². The van der Waals surface area contributed by atoms with E-state index in [1.165, 1.54) is 0 Å². The Labute approximate surface area is 162 Å². The third kappa shape index (κ3) is 4.35. The van der Waals surface area contributed by atoms with E-state index >= 15 is 0 Å². The number of H-pyrrole nitrogens is 1. The molecule has 0 aliphatic heterocycles. The Balaban J connectivity index is 1.79. The quantitative estimate of drug-likeness (QED) is 0.585. The average molecular weight is 394 g/mol. The van der Waals surface area contributed by atoms with Gasteiger partial charge in [0.1, 0.15) is 5.82 Å². The van der Waals surface area contributed by atoms with Crippen molar-refractivity contribution in [2.45, 2.75) is 19.9 Å². The Morgan fingerprint density at radius 1 is 1.12 bits per heavy atom. The lowest BCUT2D eigenvalue weighted by Crippen LogP contribution is -2.31. The van der Waals surface area contributed by atoms with Gasteiger partial charge in [0, 0.05) is 24.3 Å². The van der Waals surface area contributed by atoms with Crippen LogP contribution in [-0.2, 0) is 0 Å². The highest BCUT2D eigenvalue weighted by Gasteiger charge is 2.10. The van der Waals surface area contributed by atoms with Crippen molar-refractivity contribution in [3.8, 4) is 0 Å². The molecule has 0 radical (unpaired) electrons. The SMILES string of the molecule is Cc1cc(NCC(C)N(C)C)nc(Nc2nc3cc(Cl)c(Cl)cc3[nH]2)n1. The van der Waals surface area contributed by atoms with E-state index in [9.17, 15) is 0 Å². The number of rotatable bonds is 6. The maximum Gasteiger partial charge on any atom is 0.231 e. The summed E-state index contributed by atoms with van der Waals surface area (Å²) >= 11 is 12.1. The number of aromatic nitrogens is 4. The third-order valence-corrected chi connectivity index (χ3v) is 4.79. The van der Waals surface area contributed by atoms with E-state index in [0.717, 1.165) is 23.6 Å². The first-order valence-corrected chi connectivity index (χ1v) is 8.95. The van der Waals surface area contributed by atoms with Crippen LogP contribution in [0.15, 0.2) is 18.2 Å². The summed E-state index contributed by atoms with van der Waals surface area (Å²) in [4.78, 5) is 18.7. The lowest BCUT2D eigenvalue weighted by Gasteiger charge is -2.20. The van der Waals surface area contributed by atoms with Crippen LogP contribution in [-0.4, -0.2) is 51.5 Å². The number of likely N-dealkylation sites (N-methyl/N-ethyl adjacent to an activating group) is 1. The molecule has 0 spiro atoms. The summed E-state index contributed by atoms with van der Waals surface area (Å²) in [6.07, 6.45) is 0. The summed E-state index contributed by atoms with van der Waals surface area (Å²) in [7, 11) is 4.09. The lowest BCUT2D eigenvalue weighted by molar-refractivity contribution is 0.326. The highest BCUT2D eigenvalue weighted by Crippen LogP contribution is 2.28. The molecule has 0 fully saturated rings. The smallest absolute Gasteiger partial charge is 0.231 e. The van der Waals surface area contributed by atoms with Gasteiger partial charge in [-0.2, -0.15) is 4.98 Å². The Kier molecular flexibility index (Phi) is 5.50. The molecule has 138 valence electrons. The van der Waals surface area contributed by atoms with Gasteiger partial charge in [0.05, 0.1) is 21.1 Å². The number of hydrogen-bond donors (Lipinski definition) is 3. The summed E-state index contributed by atoms with van der Waals surface area (Å²) in [5.74, 6) is 1.74. The summed E-state index contributed by atoms with van der Waals surface area (Å²) in [5, 5.41) is 7.37. The van der Waals surface area contributed by atoms with Crippen molar-refractivity contribution in [1.82, 2.24) is 24.8 Å². The van der Waals surface area contributed by atoms with Crippen LogP contribution in [0.2, 0.25) is 10.0 Å². The molecule has 3 aromatic rings. The standard InChI is InChI=1S/C17H21Cl2N7/c1-9-5-15(20-8-10(2)26(3)4)24-16(21-9)25-17-22-13-6-11(18)12(19)7-14(13)23-17/h5-7,10H,8H2,1-4H3,(H3,20,21,22,23,24,25). The molecule has 7 nitrogen and oxygen atoms in total. The summed E-state index contributed by atoms with van der Waals surface area (Å²) in [5.41, 5.74) is 2.35. The Morgan fingerprint density at radius 2 is 1.85 bits per heavy atom. The van der Waals surface area contributed by atoms with E-state index in [1.54, 1.807) is 12.1 Å². The van der Waals surface area contributed by atoms with E-state index in [4.69, 9.17) is 23.2 Å². The largest absolute Gasteiger partial charge is 0.368 e. The van der Waals surface area contributed by atoms with Gasteiger partial charge in [-0.3, -0.25) is 5.32 Å². The van der Waals surface area contributed by atoms with Crippen LogP contribution in [0.4, 0.5) is 17.7 Å². The average Bonchev–Trinajstić information content (AvgIpc) is 2.93. The molecule has 0 aliphatic rings. The number of fused-ring (bicyclic) bond motifs is 1. The fraction of sp³-hybridized carbons (Fsp3) is 0.353. The number of benzene rings is 1. The van der Waals surface area contributed by atoms with Crippen LogP contribution in [0.1, 0.15) is 12.6 Å². The minimum absolute atomic E-state index is 0.381. The summed E-state index contributed by atoms with van der Waals surface area (Å²) in [6.45, 7) is 4.85. The minimum atomic E-state index is 0.381. The lowest BCUT2D eigenvalue weighted by atomic mass is 10.3. The molecule has 9 heteroatoms. The zero-order chi connectivity index (χ0) is 18.8. The maximum atomic E-state index is 6.04. The van der Waals surface area contributed by atoms with Crippen LogP contribution < -0.4 is 10.6 Å². The second kappa shape index (κ2) is 7.65. The van der Waals surface area contributed by atoms with E-state index in [0.29, 0.717) is 33.5 Å². The van der Waals surface area contributed by atoms with Gasteiger partial charge in [-0.1, -0.05) is 23.2 Å². The van der Waals surface area contributed by atoms with Crippen molar-refractivity contribution < 1.29 is 0 Å². The van der Waals surface area contributed by atoms with Crippen molar-refractivity contribution in [2.24, 2.45) is 0 Å². The van der Waals surface area contributed by atoms with Crippen molar-refractivity contribution in [3.05, 3.63) is 33.9 Å². The normalized spacial score (nSPS) is 12.6. The summed E-state index contributed by atoms with van der Waals surface area (Å²) < 4.78 is 0. The molecule has 0 amide bonds. The summed E-state index contributed by atoms with van der Waals surface area (Å²) in [6, 6.07) is 5.75. The first-order valence-electron chi connectivity index (χ1n) is 8.19. The number of nitrogens with zero attached hydrogens (tertiary/aromatic N) is 4. The molecule has 3 rings (SSSR count). The van der Waals surface area contributed by atoms with Gasteiger partial charge in [-0.15, -0.1) is 0 Å². The number of nitrogens with one attached hydrogen (secondary N) is 3. The number of aryl methyl sites for hydroxylation is 1. The van der Waals surface area contributed by atoms with Crippen molar-refractivity contribution >= 4 is 51.9 Å². The Morgan fingerprint density at radius 3 is 2.58 bits per heavy atom. The van der Waals surface area contributed by atoms with Gasteiger partial charge >= 0.3 is 0 Å². The number of anilines is 3. The van der Waals surface area contributed by atoms with Crippen molar-refractivity contribution in [1.29, 1.82) is 0 Å². The van der Waals surface area contributed by atoms with Crippen LogP contribution >= 0.6 is 23.2 Å². The van der Waals surface area contributed by atoms with Crippen molar-refractivity contribution in [3.63, 3.8) is 0 Å². The predicted octanol–water partition coefficient (Wildman–Crippen LogP) is 4.07. The minimum Gasteiger partial charge on any atom is -0.368 e. The molecule has 0 saturated heterocycles. The second-order valence-corrected chi connectivity index (χ2v) is 7.22. The molecule has 1 unspecified atom stereocenters. The van der Waals surface area contributed by atoms with Crippen molar-refractivity contribution in [2.75, 3.05) is 31.3 Å². The molecule has 2 heterocycles. The van der Waals surface area contributed by atoms with E-state index in [1.807, 2.05) is 27.1 Å². The molecule has 0 saturated carbocycles. The van der Waals surface area contributed by atoms with E-state index in [2.05, 4.69) is 42.4 Å². The number of hydrogen-bond acceptors (Lipinski definition) is 6. The maximum absolute atomic E-state index is 6.04. The number of aromatic amines is 1. The molecule has 0 bridgehead atoms. The van der Waals surface area contributed by atoms with Crippen LogP contribution in [0.3, 0.4) is 0 Å². The molecule has 1 atom stereocenters. The molecular formula is C17H21Cl2N7. The van der Waals surface area contributed by atoms with Gasteiger partial charge < -0.3 is 15.2 Å². The van der Waals surface area contributed by atoms with E-state index in [-0.39, 0.29) is 0 Å². The topological polar surface area (TPSA) is 81.8 Å². The van der Waals surface area contributed by atoms with Crippen LogP contribution in [0.25, 0.3) is 11.0 Å². The number of imidazole rings is 1. The van der Waals surface area contributed by atoms with Gasteiger partial charge in [-0.25, -0.2) is 9.97 Å². The molecule has 3 N–H and O–H groups in total. The first-order chi connectivity index (χ1) is 12.3. The van der Waals surface area contributed by atoms with Crippen LogP contribution in [0.5, 0.6) is 0 Å². The molecule has 26 heavy (non-hydrogen) atoms. The van der Waals surface area contributed by atoms with Crippen LogP contribution in [0, 0.1) is 6.92 Å². The zero-order valence-corrected chi connectivity index (χ0v) is 16.6. The molecule has 0 aliphatic carbocycles. The predicted molar refractivity (Wildman–Crippen MR) is 108 cm³/mol. The van der Waals surface area contributed by atoms with Gasteiger partial charge in [0.2, 0.25) is 11.9 Å². The molecule has 1 aromatic carbocycles. The van der Waals surface area contributed by atoms with Gasteiger partial charge in [0.25, 0.3) is 0 Å². The fourth-order valence-corrected chi connectivity index (χ4v) is 2.64. The second-order valence-electron chi connectivity index (χ2n) is 6.41. The first kappa shape index (κ1) is 18.7. The molecule has 2 aromatic heterocycles. The number of halogens is 2. The zero-order valence-electron chi connectivity index (χ0n) is 15.1. The fourth-order valence-electron chi connectivity index (χ4n) is 2.32.